The zero-order valence-electron chi connectivity index (χ0n) is 11.7. The lowest BCUT2D eigenvalue weighted by Gasteiger charge is -2.18. The molecule has 0 heterocycles. The second-order valence-corrected chi connectivity index (χ2v) is 6.96. The zero-order valence-corrected chi connectivity index (χ0v) is 12.6. The van der Waals surface area contributed by atoms with Gasteiger partial charge in [-0.25, -0.2) is 0 Å². The van der Waals surface area contributed by atoms with E-state index < -0.39 is 13.5 Å². The SMILES string of the molecule is C/C=C/P(=O)(CCC)OCC(O)C1=CC=CC=CC1. The van der Waals surface area contributed by atoms with Crippen molar-refractivity contribution in [1.82, 2.24) is 0 Å². The minimum atomic E-state index is -2.74. The highest BCUT2D eigenvalue weighted by atomic mass is 31.2. The molecule has 0 aromatic heterocycles. The first-order valence-electron chi connectivity index (χ1n) is 6.68. The van der Waals surface area contributed by atoms with Crippen molar-refractivity contribution in [3.63, 3.8) is 0 Å². The Morgan fingerprint density at radius 2 is 2.26 bits per heavy atom. The van der Waals surface area contributed by atoms with Crippen molar-refractivity contribution in [3.8, 4) is 0 Å². The molecule has 0 aliphatic heterocycles. The third kappa shape index (κ3) is 5.73. The molecule has 0 saturated carbocycles. The van der Waals surface area contributed by atoms with E-state index in [1.54, 1.807) is 11.9 Å². The maximum absolute atomic E-state index is 12.4. The highest BCUT2D eigenvalue weighted by Gasteiger charge is 2.20. The fraction of sp³-hybridized carbons (Fsp3) is 0.467. The standard InChI is InChI=1S/C15H23O3P/c1-3-11-19(17,12-4-2)18-13-15(16)14-9-7-5-6-8-10-14/h3,5-9,11,15-16H,4,10,12-13H2,1-2H3/b11-3+. The lowest BCUT2D eigenvalue weighted by molar-refractivity contribution is 0.136. The Kier molecular flexibility index (Phi) is 7.07. The summed E-state index contributed by atoms with van der Waals surface area (Å²) in [6.45, 7) is 3.88. The Morgan fingerprint density at radius 1 is 1.47 bits per heavy atom. The van der Waals surface area contributed by atoms with Crippen molar-refractivity contribution >= 4 is 7.37 Å². The molecule has 4 heteroatoms. The summed E-state index contributed by atoms with van der Waals surface area (Å²) in [5.41, 5.74) is 0.883. The summed E-state index contributed by atoms with van der Waals surface area (Å²) in [5.74, 6) is 1.63. The van der Waals surface area contributed by atoms with Gasteiger partial charge in [-0.3, -0.25) is 4.57 Å². The van der Waals surface area contributed by atoms with Crippen LogP contribution in [0.3, 0.4) is 0 Å². The number of aliphatic hydroxyl groups is 1. The fourth-order valence-electron chi connectivity index (χ4n) is 1.87. The van der Waals surface area contributed by atoms with Crippen LogP contribution in [0.25, 0.3) is 0 Å². The number of rotatable bonds is 7. The van der Waals surface area contributed by atoms with E-state index in [1.807, 2.05) is 44.2 Å². The Balaban J connectivity index is 2.59. The van der Waals surface area contributed by atoms with Crippen LogP contribution >= 0.6 is 7.37 Å². The van der Waals surface area contributed by atoms with Crippen LogP contribution in [-0.2, 0) is 9.09 Å². The van der Waals surface area contributed by atoms with Crippen molar-refractivity contribution in [2.75, 3.05) is 12.8 Å². The number of hydrogen-bond acceptors (Lipinski definition) is 3. The molecule has 0 spiro atoms. The maximum Gasteiger partial charge on any atom is 0.224 e. The molecule has 0 amide bonds. The molecule has 2 unspecified atom stereocenters. The van der Waals surface area contributed by atoms with Crippen LogP contribution in [-0.4, -0.2) is 24.0 Å². The predicted molar refractivity (Wildman–Crippen MR) is 80.5 cm³/mol. The van der Waals surface area contributed by atoms with Crippen molar-refractivity contribution < 1.29 is 14.2 Å². The van der Waals surface area contributed by atoms with E-state index in [4.69, 9.17) is 4.52 Å². The van der Waals surface area contributed by atoms with Crippen molar-refractivity contribution in [2.24, 2.45) is 0 Å². The second kappa shape index (κ2) is 8.31. The van der Waals surface area contributed by atoms with E-state index in [9.17, 15) is 9.67 Å². The Labute approximate surface area is 115 Å². The van der Waals surface area contributed by atoms with Gasteiger partial charge < -0.3 is 9.63 Å². The van der Waals surface area contributed by atoms with Gasteiger partial charge in [-0.1, -0.05) is 43.4 Å². The van der Waals surface area contributed by atoms with Gasteiger partial charge >= 0.3 is 0 Å². The van der Waals surface area contributed by atoms with Gasteiger partial charge in [-0.05, 0) is 31.2 Å². The quantitative estimate of drug-likeness (QED) is 0.717. The van der Waals surface area contributed by atoms with Gasteiger partial charge in [0.25, 0.3) is 0 Å². The first-order valence-corrected chi connectivity index (χ1v) is 8.56. The zero-order chi connectivity index (χ0) is 14.1. The summed E-state index contributed by atoms with van der Waals surface area (Å²) >= 11 is 0. The monoisotopic (exact) mass is 282 g/mol. The van der Waals surface area contributed by atoms with Crippen LogP contribution < -0.4 is 0 Å². The van der Waals surface area contributed by atoms with Crippen LogP contribution in [0.15, 0.2) is 47.8 Å². The molecule has 1 rings (SSSR count). The lowest BCUT2D eigenvalue weighted by Crippen LogP contribution is -2.17. The minimum absolute atomic E-state index is 0.0785. The van der Waals surface area contributed by atoms with E-state index >= 15 is 0 Å². The van der Waals surface area contributed by atoms with Gasteiger partial charge in [-0.15, -0.1) is 0 Å². The fourth-order valence-corrected chi connectivity index (χ4v) is 3.70. The van der Waals surface area contributed by atoms with Gasteiger partial charge in [0.2, 0.25) is 7.37 Å². The Morgan fingerprint density at radius 3 is 2.95 bits per heavy atom. The molecule has 0 bridgehead atoms. The summed E-state index contributed by atoms with van der Waals surface area (Å²) in [7, 11) is -2.74. The van der Waals surface area contributed by atoms with E-state index in [0.29, 0.717) is 12.6 Å². The average Bonchev–Trinajstić information content (AvgIpc) is 2.65. The smallest absolute Gasteiger partial charge is 0.224 e. The second-order valence-electron chi connectivity index (χ2n) is 4.50. The molecule has 2 atom stereocenters. The molecule has 1 aliphatic carbocycles. The van der Waals surface area contributed by atoms with Gasteiger partial charge in [0.1, 0.15) is 0 Å². The molecular weight excluding hydrogens is 259 g/mol. The third-order valence-corrected chi connectivity index (χ3v) is 5.22. The molecule has 1 N–H and O–H groups in total. The van der Waals surface area contributed by atoms with E-state index in [1.165, 1.54) is 0 Å². The molecule has 0 aromatic rings. The first kappa shape index (κ1) is 16.2. The molecule has 3 nitrogen and oxygen atoms in total. The van der Waals surface area contributed by atoms with E-state index in [-0.39, 0.29) is 6.61 Å². The van der Waals surface area contributed by atoms with Gasteiger partial charge in [-0.2, -0.15) is 0 Å². The van der Waals surface area contributed by atoms with Gasteiger partial charge in [0.05, 0.1) is 12.7 Å². The van der Waals surface area contributed by atoms with Crippen LogP contribution in [0.2, 0.25) is 0 Å². The van der Waals surface area contributed by atoms with Crippen molar-refractivity contribution in [3.05, 3.63) is 47.8 Å². The topological polar surface area (TPSA) is 46.5 Å². The van der Waals surface area contributed by atoms with Crippen LogP contribution in [0.4, 0.5) is 0 Å². The molecule has 0 fully saturated rings. The highest BCUT2D eigenvalue weighted by molar-refractivity contribution is 7.62. The first-order chi connectivity index (χ1) is 9.11. The van der Waals surface area contributed by atoms with Crippen LogP contribution in [0.1, 0.15) is 26.7 Å². The summed E-state index contributed by atoms with van der Waals surface area (Å²) in [4.78, 5) is 0. The Bertz CT molecular complexity index is 433. The average molecular weight is 282 g/mol. The third-order valence-electron chi connectivity index (χ3n) is 2.81. The van der Waals surface area contributed by atoms with Gasteiger partial charge in [0, 0.05) is 6.16 Å². The van der Waals surface area contributed by atoms with E-state index in [2.05, 4.69) is 0 Å². The van der Waals surface area contributed by atoms with E-state index in [0.717, 1.165) is 12.0 Å². The lowest BCUT2D eigenvalue weighted by atomic mass is 10.1. The molecular formula is C15H23O3P. The summed E-state index contributed by atoms with van der Waals surface area (Å²) in [6.07, 6.45) is 12.7. The largest absolute Gasteiger partial charge is 0.386 e. The number of aliphatic hydroxyl groups excluding tert-OH is 1. The molecule has 0 radical (unpaired) electrons. The van der Waals surface area contributed by atoms with Gasteiger partial charge in [0.15, 0.2) is 0 Å². The van der Waals surface area contributed by atoms with Crippen LogP contribution in [0.5, 0.6) is 0 Å². The van der Waals surface area contributed by atoms with Crippen molar-refractivity contribution in [2.45, 2.75) is 32.8 Å². The summed E-state index contributed by atoms with van der Waals surface area (Å²) in [6, 6.07) is 0. The minimum Gasteiger partial charge on any atom is -0.386 e. The van der Waals surface area contributed by atoms with Crippen molar-refractivity contribution in [1.29, 1.82) is 0 Å². The molecule has 1 aliphatic rings. The predicted octanol–water partition coefficient (Wildman–Crippen LogP) is 4.03. The molecule has 0 saturated heterocycles. The maximum atomic E-state index is 12.4. The highest BCUT2D eigenvalue weighted by Crippen LogP contribution is 2.49. The summed E-state index contributed by atoms with van der Waals surface area (Å²) < 4.78 is 17.9. The summed E-state index contributed by atoms with van der Waals surface area (Å²) in [5, 5.41) is 10.1. The molecule has 0 aromatic carbocycles. The molecule has 106 valence electrons. The van der Waals surface area contributed by atoms with Crippen LogP contribution in [0, 0.1) is 0 Å². The molecule has 19 heavy (non-hydrogen) atoms. The Hall–Kier alpha value is -0.890. The number of hydrogen-bond donors (Lipinski definition) is 1. The normalized spacial score (nSPS) is 20.1. The number of allylic oxidation sites excluding steroid dienone is 6.